The molecule has 0 N–H and O–H groups in total. The standard InChI is InChI=1S/C33H16F2N2O2S2/c34-27-15-24-25(16-28(27)35)32(39)26(31(24)38)13-22-14-30-33(40-22)23-10-9-21(12-29(23)41-30)37(19-6-2-1-3-7-19)20-8-4-5-18(11-20)17-36/h1-16H. The summed E-state index contributed by atoms with van der Waals surface area (Å²) in [5, 5.41) is 10.5. The van der Waals surface area contributed by atoms with E-state index in [1.54, 1.807) is 17.4 Å². The number of hydrogen-bond acceptors (Lipinski definition) is 6. The molecule has 6 aromatic rings. The van der Waals surface area contributed by atoms with E-state index in [0.717, 1.165) is 48.7 Å². The molecule has 0 saturated carbocycles. The number of halogens is 2. The summed E-state index contributed by atoms with van der Waals surface area (Å²) in [6.45, 7) is 0. The Morgan fingerprint density at radius 1 is 0.707 bits per heavy atom. The number of carbonyl (C=O) groups excluding carboxylic acids is 2. The average Bonchev–Trinajstić information content (AvgIpc) is 3.60. The third kappa shape index (κ3) is 4.14. The number of para-hydroxylation sites is 1. The number of allylic oxidation sites excluding steroid dienone is 1. The molecule has 7 rings (SSSR count). The highest BCUT2D eigenvalue weighted by Crippen LogP contribution is 2.44. The van der Waals surface area contributed by atoms with Crippen LogP contribution in [-0.2, 0) is 0 Å². The van der Waals surface area contributed by atoms with Gasteiger partial charge in [-0.05, 0) is 66.7 Å². The van der Waals surface area contributed by atoms with Crippen molar-refractivity contribution in [1.82, 2.24) is 0 Å². The van der Waals surface area contributed by atoms with Gasteiger partial charge in [-0.2, -0.15) is 5.26 Å². The molecule has 0 spiro atoms. The molecule has 0 radical (unpaired) electrons. The summed E-state index contributed by atoms with van der Waals surface area (Å²) in [5.41, 5.74) is 3.02. The van der Waals surface area contributed by atoms with Crippen LogP contribution >= 0.6 is 22.7 Å². The van der Waals surface area contributed by atoms with Gasteiger partial charge in [-0.15, -0.1) is 22.7 Å². The first-order chi connectivity index (χ1) is 19.9. The van der Waals surface area contributed by atoms with Crippen molar-refractivity contribution in [3.05, 3.63) is 130 Å². The highest BCUT2D eigenvalue weighted by Gasteiger charge is 2.34. The molecule has 0 unspecified atom stereocenters. The van der Waals surface area contributed by atoms with Crippen LogP contribution in [0.1, 0.15) is 31.2 Å². The number of ketones is 2. The summed E-state index contributed by atoms with van der Waals surface area (Å²) in [5.74, 6) is -3.51. The zero-order chi connectivity index (χ0) is 28.2. The van der Waals surface area contributed by atoms with Gasteiger partial charge >= 0.3 is 0 Å². The first-order valence-electron chi connectivity index (χ1n) is 12.5. The van der Waals surface area contributed by atoms with E-state index >= 15 is 0 Å². The number of carbonyl (C=O) groups is 2. The maximum Gasteiger partial charge on any atom is 0.197 e. The molecule has 2 heterocycles. The second-order valence-electron chi connectivity index (χ2n) is 9.49. The van der Waals surface area contributed by atoms with Crippen LogP contribution in [0.2, 0.25) is 0 Å². The Morgan fingerprint density at radius 2 is 1.39 bits per heavy atom. The third-order valence-corrected chi connectivity index (χ3v) is 9.32. The van der Waals surface area contributed by atoms with Gasteiger partial charge in [0.15, 0.2) is 23.2 Å². The van der Waals surface area contributed by atoms with E-state index in [-0.39, 0.29) is 16.7 Å². The largest absolute Gasteiger partial charge is 0.310 e. The van der Waals surface area contributed by atoms with Gasteiger partial charge in [0.05, 0.1) is 21.9 Å². The third-order valence-electron chi connectivity index (χ3n) is 6.98. The number of fused-ring (bicyclic) bond motifs is 4. The van der Waals surface area contributed by atoms with Gasteiger partial charge in [0.2, 0.25) is 0 Å². The van der Waals surface area contributed by atoms with Gasteiger partial charge < -0.3 is 4.90 Å². The second kappa shape index (κ2) is 9.59. The SMILES string of the molecule is N#Cc1cccc(N(c2ccccc2)c2ccc3c(c2)sc2cc(C=C4C(=O)c5cc(F)c(F)cc5C4=O)sc23)c1. The van der Waals surface area contributed by atoms with Crippen molar-refractivity contribution in [2.45, 2.75) is 0 Å². The van der Waals surface area contributed by atoms with Gasteiger partial charge in [0.25, 0.3) is 0 Å². The summed E-state index contributed by atoms with van der Waals surface area (Å²) < 4.78 is 30.5. The number of rotatable bonds is 4. The Bertz CT molecular complexity index is 2100. The Kier molecular flexibility index (Phi) is 5.86. The molecule has 0 fully saturated rings. The molecular weight excluding hydrogens is 559 g/mol. The summed E-state index contributed by atoms with van der Waals surface area (Å²) in [6, 6.07) is 29.3. The number of hydrogen-bond donors (Lipinski definition) is 0. The summed E-state index contributed by atoms with van der Waals surface area (Å²) in [7, 11) is 0. The van der Waals surface area contributed by atoms with Crippen molar-refractivity contribution < 1.29 is 18.4 Å². The molecule has 1 aliphatic carbocycles. The van der Waals surface area contributed by atoms with Crippen molar-refractivity contribution in [3.63, 3.8) is 0 Å². The zero-order valence-electron chi connectivity index (χ0n) is 21.0. The van der Waals surface area contributed by atoms with Crippen LogP contribution in [0.3, 0.4) is 0 Å². The molecule has 196 valence electrons. The monoisotopic (exact) mass is 574 g/mol. The number of Topliss-reactive ketones (excluding diaryl/α,β-unsaturated/α-hetero) is 2. The maximum atomic E-state index is 13.7. The molecule has 1 aliphatic rings. The van der Waals surface area contributed by atoms with Crippen molar-refractivity contribution in [3.8, 4) is 6.07 Å². The van der Waals surface area contributed by atoms with Crippen LogP contribution in [0.25, 0.3) is 25.6 Å². The summed E-state index contributed by atoms with van der Waals surface area (Å²) in [6.07, 6.45) is 1.51. The minimum atomic E-state index is -1.16. The van der Waals surface area contributed by atoms with Gasteiger partial charge in [0.1, 0.15) is 0 Å². The van der Waals surface area contributed by atoms with Crippen LogP contribution in [0.15, 0.2) is 96.6 Å². The lowest BCUT2D eigenvalue weighted by molar-refractivity contribution is 0.0990. The highest BCUT2D eigenvalue weighted by molar-refractivity contribution is 7.33. The lowest BCUT2D eigenvalue weighted by Crippen LogP contribution is -2.09. The number of anilines is 3. The normalized spacial score (nSPS) is 12.7. The van der Waals surface area contributed by atoms with Crippen LogP contribution in [0, 0.1) is 23.0 Å². The fraction of sp³-hybridized carbons (Fsp3) is 0. The smallest absolute Gasteiger partial charge is 0.197 e. The molecule has 41 heavy (non-hydrogen) atoms. The maximum absolute atomic E-state index is 13.7. The number of nitrogens with zero attached hydrogens (tertiary/aromatic N) is 2. The van der Waals surface area contributed by atoms with E-state index in [9.17, 15) is 23.6 Å². The Labute approximate surface area is 240 Å². The van der Waals surface area contributed by atoms with Crippen molar-refractivity contribution in [2.24, 2.45) is 0 Å². The Morgan fingerprint density at radius 3 is 2.10 bits per heavy atom. The summed E-state index contributed by atoms with van der Waals surface area (Å²) >= 11 is 3.05. The molecule has 0 aliphatic heterocycles. The Balaban J connectivity index is 1.28. The van der Waals surface area contributed by atoms with Gasteiger partial charge in [-0.3, -0.25) is 9.59 Å². The van der Waals surface area contributed by atoms with Crippen LogP contribution in [-0.4, -0.2) is 11.6 Å². The first-order valence-corrected chi connectivity index (χ1v) is 14.2. The molecular formula is C33H16F2N2O2S2. The second-order valence-corrected chi connectivity index (χ2v) is 11.7. The zero-order valence-corrected chi connectivity index (χ0v) is 22.7. The van der Waals surface area contributed by atoms with E-state index < -0.39 is 23.2 Å². The Hall–Kier alpha value is -4.97. The predicted octanol–water partition coefficient (Wildman–Crippen LogP) is 9.20. The van der Waals surface area contributed by atoms with Crippen LogP contribution in [0.5, 0.6) is 0 Å². The molecule has 4 aromatic carbocycles. The quantitative estimate of drug-likeness (QED) is 0.156. The van der Waals surface area contributed by atoms with Crippen molar-refractivity contribution in [2.75, 3.05) is 4.90 Å². The van der Waals surface area contributed by atoms with Crippen molar-refractivity contribution >= 4 is 76.9 Å². The van der Waals surface area contributed by atoms with Crippen LogP contribution in [0.4, 0.5) is 25.8 Å². The molecule has 0 atom stereocenters. The van der Waals surface area contributed by atoms with Gasteiger partial charge in [0, 0.05) is 47.9 Å². The lowest BCUT2D eigenvalue weighted by atomic mass is 10.1. The predicted molar refractivity (Wildman–Crippen MR) is 160 cm³/mol. The van der Waals surface area contributed by atoms with Gasteiger partial charge in [-0.1, -0.05) is 30.3 Å². The molecule has 8 heteroatoms. The van der Waals surface area contributed by atoms with Crippen LogP contribution < -0.4 is 4.90 Å². The summed E-state index contributed by atoms with van der Waals surface area (Å²) in [4.78, 5) is 28.5. The van der Waals surface area contributed by atoms with E-state index in [4.69, 9.17) is 0 Å². The molecule has 4 nitrogen and oxygen atoms in total. The van der Waals surface area contributed by atoms with Gasteiger partial charge in [-0.25, -0.2) is 8.78 Å². The molecule has 2 aromatic heterocycles. The van der Waals surface area contributed by atoms with E-state index in [0.29, 0.717) is 10.4 Å². The first kappa shape index (κ1) is 25.0. The highest BCUT2D eigenvalue weighted by atomic mass is 32.1. The fourth-order valence-electron chi connectivity index (χ4n) is 5.10. The number of benzene rings is 4. The lowest BCUT2D eigenvalue weighted by Gasteiger charge is -2.25. The van der Waals surface area contributed by atoms with Crippen molar-refractivity contribution in [1.29, 1.82) is 5.26 Å². The van der Waals surface area contributed by atoms with E-state index in [1.165, 1.54) is 17.4 Å². The topological polar surface area (TPSA) is 61.2 Å². The van der Waals surface area contributed by atoms with E-state index in [2.05, 4.69) is 17.0 Å². The number of thiophene rings is 2. The minimum Gasteiger partial charge on any atom is -0.310 e. The fourth-order valence-corrected chi connectivity index (χ4v) is 7.61. The molecule has 0 amide bonds. The molecule has 0 bridgehead atoms. The molecule has 0 saturated heterocycles. The van der Waals surface area contributed by atoms with E-state index in [1.807, 2.05) is 66.7 Å². The average molecular weight is 575 g/mol. The minimum absolute atomic E-state index is 0.0939. The number of nitriles is 1.